The van der Waals surface area contributed by atoms with Gasteiger partial charge in [0, 0.05) is 30.1 Å². The van der Waals surface area contributed by atoms with E-state index in [0.717, 1.165) is 30.5 Å². The molecular weight excluding hydrogens is 216 g/mol. The van der Waals surface area contributed by atoms with Gasteiger partial charge in [0.2, 0.25) is 0 Å². The fourth-order valence-electron chi connectivity index (χ4n) is 2.10. The second kappa shape index (κ2) is 5.37. The summed E-state index contributed by atoms with van der Waals surface area (Å²) in [5, 5.41) is 3.47. The van der Waals surface area contributed by atoms with Gasteiger partial charge in [-0.05, 0) is 30.0 Å². The average Bonchev–Trinajstić information content (AvgIpc) is 2.51. The number of nitrogens with zero attached hydrogens (tertiary/aromatic N) is 4. The quantitative estimate of drug-likeness (QED) is 0.446. The van der Waals surface area contributed by atoms with Crippen molar-refractivity contribution in [1.29, 1.82) is 0 Å². The van der Waals surface area contributed by atoms with Crippen molar-refractivity contribution in [2.24, 2.45) is 5.11 Å². The number of rotatable bonds is 3. The smallest absolute Gasteiger partial charge is 0.254 e. The lowest BCUT2D eigenvalue weighted by Crippen LogP contribution is -2.33. The molecule has 0 unspecified atom stereocenters. The summed E-state index contributed by atoms with van der Waals surface area (Å²) in [7, 11) is 0. The number of carbonyl (C=O) groups excluding carboxylic acids is 1. The molecule has 0 atom stereocenters. The molecule has 2 rings (SSSR count). The van der Waals surface area contributed by atoms with Crippen LogP contribution in [0.15, 0.2) is 29.4 Å². The van der Waals surface area contributed by atoms with Crippen LogP contribution < -0.4 is 0 Å². The molecular formula is C12H14N4O. The number of hydrogen-bond donors (Lipinski definition) is 0. The van der Waals surface area contributed by atoms with Gasteiger partial charge in [0.05, 0.1) is 0 Å². The first-order valence-corrected chi connectivity index (χ1v) is 5.71. The van der Waals surface area contributed by atoms with E-state index in [4.69, 9.17) is 5.53 Å². The molecule has 1 aliphatic heterocycles. The second-order valence-corrected chi connectivity index (χ2v) is 4.01. The maximum absolute atomic E-state index is 12.2. The molecule has 0 saturated carbocycles. The molecule has 0 spiro atoms. The zero-order valence-corrected chi connectivity index (χ0v) is 9.54. The third kappa shape index (κ3) is 2.57. The second-order valence-electron chi connectivity index (χ2n) is 4.01. The van der Waals surface area contributed by atoms with Crippen LogP contribution >= 0.6 is 0 Å². The summed E-state index contributed by atoms with van der Waals surface area (Å²) < 4.78 is 0. The highest BCUT2D eigenvalue weighted by atomic mass is 16.2. The molecule has 1 heterocycles. The van der Waals surface area contributed by atoms with Gasteiger partial charge in [-0.15, -0.1) is 0 Å². The Morgan fingerprint density at radius 3 is 3.06 bits per heavy atom. The monoisotopic (exact) mass is 230 g/mol. The van der Waals surface area contributed by atoms with Crippen LogP contribution in [-0.4, -0.2) is 30.4 Å². The molecule has 5 nitrogen and oxygen atoms in total. The Bertz CT molecular complexity index is 465. The van der Waals surface area contributed by atoms with Crippen molar-refractivity contribution in [1.82, 2.24) is 4.90 Å². The summed E-state index contributed by atoms with van der Waals surface area (Å²) in [6.45, 7) is 1.57. The van der Waals surface area contributed by atoms with Crippen molar-refractivity contribution in [2.45, 2.75) is 12.8 Å². The Morgan fingerprint density at radius 1 is 1.41 bits per heavy atom. The molecule has 0 N–H and O–H groups in total. The largest absolute Gasteiger partial charge is 0.338 e. The Balaban J connectivity index is 2.17. The Kier molecular flexibility index (Phi) is 3.62. The number of aryl methyl sites for hydroxylation is 1. The first-order valence-electron chi connectivity index (χ1n) is 5.71. The van der Waals surface area contributed by atoms with Gasteiger partial charge >= 0.3 is 0 Å². The minimum atomic E-state index is 0.0474. The lowest BCUT2D eigenvalue weighted by Gasteiger charge is -2.19. The van der Waals surface area contributed by atoms with Crippen LogP contribution in [0, 0.1) is 0 Å². The summed E-state index contributed by atoms with van der Waals surface area (Å²) in [6.07, 6.45) is 1.89. The summed E-state index contributed by atoms with van der Waals surface area (Å²) in [6, 6.07) is 7.71. The van der Waals surface area contributed by atoms with Crippen LogP contribution in [0.3, 0.4) is 0 Å². The van der Waals surface area contributed by atoms with Crippen molar-refractivity contribution in [3.63, 3.8) is 0 Å². The number of azide groups is 1. The molecule has 0 bridgehead atoms. The van der Waals surface area contributed by atoms with Crippen molar-refractivity contribution < 1.29 is 4.79 Å². The molecule has 1 aromatic carbocycles. The molecule has 0 fully saturated rings. The Labute approximate surface area is 99.7 Å². The fourth-order valence-corrected chi connectivity index (χ4v) is 2.10. The molecule has 17 heavy (non-hydrogen) atoms. The average molecular weight is 230 g/mol. The Hall–Kier alpha value is -2.00. The summed E-state index contributed by atoms with van der Waals surface area (Å²) in [5.41, 5.74) is 10.1. The van der Waals surface area contributed by atoms with E-state index in [1.165, 1.54) is 0 Å². The first kappa shape index (κ1) is 11.5. The van der Waals surface area contributed by atoms with Crippen LogP contribution in [0.1, 0.15) is 22.3 Å². The van der Waals surface area contributed by atoms with Gasteiger partial charge in [0.25, 0.3) is 5.91 Å². The van der Waals surface area contributed by atoms with E-state index in [-0.39, 0.29) is 5.91 Å². The molecule has 0 saturated heterocycles. The minimum absolute atomic E-state index is 0.0474. The van der Waals surface area contributed by atoms with Gasteiger partial charge in [-0.3, -0.25) is 4.79 Å². The van der Waals surface area contributed by atoms with E-state index in [9.17, 15) is 4.79 Å². The van der Waals surface area contributed by atoms with Gasteiger partial charge in [-0.25, -0.2) is 0 Å². The molecule has 1 aliphatic rings. The topological polar surface area (TPSA) is 69.1 Å². The highest BCUT2D eigenvalue weighted by Gasteiger charge is 2.20. The normalized spacial score (nSPS) is 14.8. The minimum Gasteiger partial charge on any atom is -0.338 e. The standard InChI is InChI=1S/C12H14N4O/c13-15-14-7-9-16-8-3-5-10-4-1-2-6-11(10)12(16)17/h1-2,4,6H,3,5,7-9H2. The molecule has 0 aromatic heterocycles. The molecule has 1 aromatic rings. The van der Waals surface area contributed by atoms with Gasteiger partial charge < -0.3 is 4.90 Å². The summed E-state index contributed by atoms with van der Waals surface area (Å²) in [5.74, 6) is 0.0474. The highest BCUT2D eigenvalue weighted by Crippen LogP contribution is 2.18. The molecule has 5 heteroatoms. The van der Waals surface area contributed by atoms with E-state index in [1.807, 2.05) is 24.3 Å². The predicted octanol–water partition coefficient (Wildman–Crippen LogP) is 2.39. The number of carbonyl (C=O) groups is 1. The summed E-state index contributed by atoms with van der Waals surface area (Å²) >= 11 is 0. The van der Waals surface area contributed by atoms with Crippen molar-refractivity contribution in [2.75, 3.05) is 19.6 Å². The summed E-state index contributed by atoms with van der Waals surface area (Å²) in [4.78, 5) is 16.7. The van der Waals surface area contributed by atoms with Gasteiger partial charge in [0.1, 0.15) is 0 Å². The molecule has 0 radical (unpaired) electrons. The lowest BCUT2D eigenvalue weighted by atomic mass is 10.0. The third-order valence-electron chi connectivity index (χ3n) is 2.94. The van der Waals surface area contributed by atoms with Crippen molar-refractivity contribution >= 4 is 5.91 Å². The van der Waals surface area contributed by atoms with Crippen LogP contribution in [0.4, 0.5) is 0 Å². The zero-order valence-electron chi connectivity index (χ0n) is 9.54. The van der Waals surface area contributed by atoms with Gasteiger partial charge in [-0.2, -0.15) is 0 Å². The van der Waals surface area contributed by atoms with Crippen LogP contribution in [0.2, 0.25) is 0 Å². The number of hydrogen-bond acceptors (Lipinski definition) is 2. The van der Waals surface area contributed by atoms with E-state index < -0.39 is 0 Å². The van der Waals surface area contributed by atoms with Gasteiger partial charge in [0.15, 0.2) is 0 Å². The van der Waals surface area contributed by atoms with Crippen molar-refractivity contribution in [3.8, 4) is 0 Å². The highest BCUT2D eigenvalue weighted by molar-refractivity contribution is 5.96. The fraction of sp³-hybridized carbons (Fsp3) is 0.417. The molecule has 0 aliphatic carbocycles. The van der Waals surface area contributed by atoms with Crippen LogP contribution in [-0.2, 0) is 6.42 Å². The lowest BCUT2D eigenvalue weighted by molar-refractivity contribution is 0.0766. The van der Waals surface area contributed by atoms with E-state index >= 15 is 0 Å². The van der Waals surface area contributed by atoms with Crippen LogP contribution in [0.5, 0.6) is 0 Å². The number of amides is 1. The van der Waals surface area contributed by atoms with Crippen LogP contribution in [0.25, 0.3) is 10.4 Å². The van der Waals surface area contributed by atoms with E-state index in [2.05, 4.69) is 10.0 Å². The first-order chi connectivity index (χ1) is 8.33. The number of benzene rings is 1. The molecule has 1 amide bonds. The zero-order chi connectivity index (χ0) is 12.1. The van der Waals surface area contributed by atoms with E-state index in [1.54, 1.807) is 4.90 Å². The van der Waals surface area contributed by atoms with Crippen molar-refractivity contribution in [3.05, 3.63) is 45.8 Å². The SMILES string of the molecule is [N-]=[N+]=NCCN1CCCc2ccccc2C1=O. The predicted molar refractivity (Wildman–Crippen MR) is 64.7 cm³/mol. The maximum Gasteiger partial charge on any atom is 0.254 e. The Morgan fingerprint density at radius 2 is 2.24 bits per heavy atom. The van der Waals surface area contributed by atoms with Gasteiger partial charge in [-0.1, -0.05) is 23.3 Å². The maximum atomic E-state index is 12.2. The number of fused-ring (bicyclic) bond motifs is 1. The molecule has 88 valence electrons. The van der Waals surface area contributed by atoms with E-state index in [0.29, 0.717) is 13.1 Å². The third-order valence-corrected chi connectivity index (χ3v) is 2.94.